The van der Waals surface area contributed by atoms with Gasteiger partial charge in [0.15, 0.2) is 0 Å². The van der Waals surface area contributed by atoms with Crippen molar-refractivity contribution in [1.82, 2.24) is 9.88 Å². The number of pyridine rings is 1. The highest BCUT2D eigenvalue weighted by Crippen LogP contribution is 2.22. The van der Waals surface area contributed by atoms with Gasteiger partial charge in [0.05, 0.1) is 5.56 Å². The SMILES string of the molecule is N#Cc1ccc(C(=O)N2CCC(Cc3ccccc3)CC2)cn1. The number of nitriles is 1. The van der Waals surface area contributed by atoms with Gasteiger partial charge in [-0.3, -0.25) is 4.79 Å². The summed E-state index contributed by atoms with van der Waals surface area (Å²) in [6.07, 6.45) is 4.65. The van der Waals surface area contributed by atoms with Crippen molar-refractivity contribution in [2.75, 3.05) is 13.1 Å². The van der Waals surface area contributed by atoms with E-state index in [4.69, 9.17) is 5.26 Å². The molecule has 4 heteroatoms. The van der Waals surface area contributed by atoms with E-state index in [9.17, 15) is 4.79 Å². The highest BCUT2D eigenvalue weighted by molar-refractivity contribution is 5.94. The van der Waals surface area contributed by atoms with E-state index in [0.29, 0.717) is 17.2 Å². The predicted molar refractivity (Wildman–Crippen MR) is 87.7 cm³/mol. The van der Waals surface area contributed by atoms with Gasteiger partial charge in [-0.1, -0.05) is 30.3 Å². The van der Waals surface area contributed by atoms with E-state index in [1.165, 1.54) is 11.8 Å². The number of nitrogens with zero attached hydrogens (tertiary/aromatic N) is 3. The van der Waals surface area contributed by atoms with E-state index in [-0.39, 0.29) is 5.91 Å². The lowest BCUT2D eigenvalue weighted by atomic mass is 9.90. The second-order valence-corrected chi connectivity index (χ2v) is 5.97. The number of likely N-dealkylation sites (tertiary alicyclic amines) is 1. The smallest absolute Gasteiger partial charge is 0.255 e. The van der Waals surface area contributed by atoms with Crippen LogP contribution in [0.25, 0.3) is 0 Å². The lowest BCUT2D eigenvalue weighted by molar-refractivity contribution is 0.0690. The summed E-state index contributed by atoms with van der Waals surface area (Å²) in [7, 11) is 0. The Morgan fingerprint density at radius 1 is 1.17 bits per heavy atom. The Morgan fingerprint density at radius 3 is 2.52 bits per heavy atom. The van der Waals surface area contributed by atoms with Gasteiger partial charge >= 0.3 is 0 Å². The summed E-state index contributed by atoms with van der Waals surface area (Å²) in [4.78, 5) is 18.3. The fourth-order valence-corrected chi connectivity index (χ4v) is 3.06. The second kappa shape index (κ2) is 7.06. The summed E-state index contributed by atoms with van der Waals surface area (Å²) >= 11 is 0. The summed E-state index contributed by atoms with van der Waals surface area (Å²) in [6.45, 7) is 1.58. The largest absolute Gasteiger partial charge is 0.339 e. The van der Waals surface area contributed by atoms with Gasteiger partial charge in [0.1, 0.15) is 11.8 Å². The molecule has 23 heavy (non-hydrogen) atoms. The Morgan fingerprint density at radius 2 is 1.91 bits per heavy atom. The van der Waals surface area contributed by atoms with Crippen LogP contribution in [0.3, 0.4) is 0 Å². The molecule has 0 radical (unpaired) electrons. The zero-order valence-corrected chi connectivity index (χ0v) is 13.0. The predicted octanol–water partition coefficient (Wildman–Crippen LogP) is 3.05. The minimum Gasteiger partial charge on any atom is -0.339 e. The van der Waals surface area contributed by atoms with Gasteiger partial charge in [0, 0.05) is 19.3 Å². The lowest BCUT2D eigenvalue weighted by Gasteiger charge is -2.32. The Balaban J connectivity index is 1.56. The minimum absolute atomic E-state index is 0.0140. The van der Waals surface area contributed by atoms with Crippen LogP contribution >= 0.6 is 0 Å². The van der Waals surface area contributed by atoms with Gasteiger partial charge in [-0.05, 0) is 42.9 Å². The van der Waals surface area contributed by atoms with Crippen LogP contribution in [-0.2, 0) is 6.42 Å². The molecule has 1 aromatic heterocycles. The first kappa shape index (κ1) is 15.2. The van der Waals surface area contributed by atoms with Crippen molar-refractivity contribution in [3.8, 4) is 6.07 Å². The summed E-state index contributed by atoms with van der Waals surface area (Å²) in [5.74, 6) is 0.653. The molecule has 116 valence electrons. The quantitative estimate of drug-likeness (QED) is 0.875. The first-order valence-corrected chi connectivity index (χ1v) is 7.95. The molecule has 2 aromatic rings. The topological polar surface area (TPSA) is 57.0 Å². The first-order chi connectivity index (χ1) is 11.3. The number of hydrogen-bond acceptors (Lipinski definition) is 3. The number of carbonyl (C=O) groups excluding carboxylic acids is 1. The standard InChI is InChI=1S/C19H19N3O/c20-13-18-7-6-17(14-21-18)19(23)22-10-8-16(9-11-22)12-15-4-2-1-3-5-15/h1-7,14,16H,8-12H2. The number of hydrogen-bond donors (Lipinski definition) is 0. The molecule has 1 fully saturated rings. The number of rotatable bonds is 3. The molecule has 3 rings (SSSR count). The molecular weight excluding hydrogens is 286 g/mol. The zero-order valence-electron chi connectivity index (χ0n) is 13.0. The van der Waals surface area contributed by atoms with Gasteiger partial charge in [0.2, 0.25) is 0 Å². The van der Waals surface area contributed by atoms with Crippen molar-refractivity contribution in [3.63, 3.8) is 0 Å². The molecular formula is C19H19N3O. The molecule has 1 saturated heterocycles. The van der Waals surface area contributed by atoms with Gasteiger partial charge in [-0.25, -0.2) is 4.98 Å². The maximum atomic E-state index is 12.5. The Kier molecular flexibility index (Phi) is 4.68. The van der Waals surface area contributed by atoms with Crippen LogP contribution in [0.4, 0.5) is 0 Å². The highest BCUT2D eigenvalue weighted by Gasteiger charge is 2.23. The lowest BCUT2D eigenvalue weighted by Crippen LogP contribution is -2.39. The van der Waals surface area contributed by atoms with Crippen LogP contribution in [0.2, 0.25) is 0 Å². The monoisotopic (exact) mass is 305 g/mol. The average molecular weight is 305 g/mol. The summed E-state index contributed by atoms with van der Waals surface area (Å²) in [5.41, 5.74) is 2.27. The average Bonchev–Trinajstić information content (AvgIpc) is 2.63. The van der Waals surface area contributed by atoms with Crippen molar-refractivity contribution in [1.29, 1.82) is 5.26 Å². The molecule has 0 aliphatic carbocycles. The van der Waals surface area contributed by atoms with E-state index in [1.54, 1.807) is 12.1 Å². The van der Waals surface area contributed by atoms with Crippen molar-refractivity contribution in [3.05, 3.63) is 65.5 Å². The molecule has 0 unspecified atom stereocenters. The molecule has 0 N–H and O–H groups in total. The van der Waals surface area contributed by atoms with Crippen molar-refractivity contribution in [2.45, 2.75) is 19.3 Å². The van der Waals surface area contributed by atoms with Gasteiger partial charge in [-0.2, -0.15) is 5.26 Å². The molecule has 0 spiro atoms. The van der Waals surface area contributed by atoms with Crippen molar-refractivity contribution < 1.29 is 4.79 Å². The van der Waals surface area contributed by atoms with Crippen LogP contribution in [0.15, 0.2) is 48.7 Å². The van der Waals surface area contributed by atoms with E-state index >= 15 is 0 Å². The van der Waals surface area contributed by atoms with Crippen molar-refractivity contribution in [2.24, 2.45) is 5.92 Å². The van der Waals surface area contributed by atoms with E-state index in [1.807, 2.05) is 17.0 Å². The summed E-state index contributed by atoms with van der Waals surface area (Å²) in [5, 5.41) is 8.76. The Bertz CT molecular complexity index is 696. The van der Waals surface area contributed by atoms with Crippen LogP contribution in [-0.4, -0.2) is 28.9 Å². The number of aromatic nitrogens is 1. The van der Waals surface area contributed by atoms with Crippen molar-refractivity contribution >= 4 is 5.91 Å². The summed E-state index contributed by atoms with van der Waals surface area (Å²) in [6, 6.07) is 15.8. The normalized spacial score (nSPS) is 15.2. The third-order valence-corrected chi connectivity index (χ3v) is 4.39. The maximum Gasteiger partial charge on any atom is 0.255 e. The second-order valence-electron chi connectivity index (χ2n) is 5.97. The maximum absolute atomic E-state index is 12.5. The van der Waals surface area contributed by atoms with Gasteiger partial charge in [-0.15, -0.1) is 0 Å². The molecule has 1 aromatic carbocycles. The van der Waals surface area contributed by atoms with Gasteiger partial charge in [0.25, 0.3) is 5.91 Å². The molecule has 0 bridgehead atoms. The van der Waals surface area contributed by atoms with Crippen LogP contribution in [0.1, 0.15) is 34.5 Å². The molecule has 1 aliphatic heterocycles. The molecule has 0 atom stereocenters. The van der Waals surface area contributed by atoms with E-state index < -0.39 is 0 Å². The first-order valence-electron chi connectivity index (χ1n) is 7.95. The molecule has 1 aliphatic rings. The van der Waals surface area contributed by atoms with E-state index in [2.05, 4.69) is 29.2 Å². The van der Waals surface area contributed by atoms with Crippen LogP contribution in [0.5, 0.6) is 0 Å². The highest BCUT2D eigenvalue weighted by atomic mass is 16.2. The molecule has 4 nitrogen and oxygen atoms in total. The molecule has 0 saturated carbocycles. The third kappa shape index (κ3) is 3.75. The fourth-order valence-electron chi connectivity index (χ4n) is 3.06. The minimum atomic E-state index is 0.0140. The number of amides is 1. The number of benzene rings is 1. The zero-order chi connectivity index (χ0) is 16.1. The molecule has 1 amide bonds. The number of carbonyl (C=O) groups is 1. The van der Waals surface area contributed by atoms with E-state index in [0.717, 1.165) is 32.4 Å². The third-order valence-electron chi connectivity index (χ3n) is 4.39. The Hall–Kier alpha value is -2.67. The molecule has 2 heterocycles. The summed E-state index contributed by atoms with van der Waals surface area (Å²) < 4.78 is 0. The van der Waals surface area contributed by atoms with Crippen LogP contribution in [0, 0.1) is 17.2 Å². The number of piperidine rings is 1. The Labute approximate surface area is 136 Å². The fraction of sp³-hybridized carbons (Fsp3) is 0.316. The van der Waals surface area contributed by atoms with Crippen LogP contribution < -0.4 is 0 Å². The van der Waals surface area contributed by atoms with Gasteiger partial charge < -0.3 is 4.90 Å².